The van der Waals surface area contributed by atoms with Crippen molar-refractivity contribution in [2.24, 2.45) is 5.41 Å². The maximum atomic E-state index is 12.1. The van der Waals surface area contributed by atoms with Gasteiger partial charge in [-0.05, 0) is 26.7 Å². The highest BCUT2D eigenvalue weighted by Gasteiger charge is 2.36. The number of carboxylic acids is 1. The topological polar surface area (TPSA) is 128 Å². The Kier molecular flexibility index (Phi) is 6.65. The zero-order valence-corrected chi connectivity index (χ0v) is 13.2. The first-order valence-electron chi connectivity index (χ1n) is 7.12. The van der Waals surface area contributed by atoms with Gasteiger partial charge in [0.15, 0.2) is 5.69 Å². The van der Waals surface area contributed by atoms with E-state index in [1.165, 1.54) is 13.1 Å². The van der Waals surface area contributed by atoms with Gasteiger partial charge in [-0.25, -0.2) is 0 Å². The maximum Gasteiger partial charge on any atom is 0.311 e. The summed E-state index contributed by atoms with van der Waals surface area (Å²) in [5.41, 5.74) is -0.312. The molecule has 0 aliphatic carbocycles. The van der Waals surface area contributed by atoms with Crippen LogP contribution >= 0.6 is 0 Å². The van der Waals surface area contributed by atoms with Gasteiger partial charge in [-0.3, -0.25) is 14.7 Å². The highest BCUT2D eigenvalue weighted by atomic mass is 16.4. The number of aliphatic hydroxyl groups is 1. The van der Waals surface area contributed by atoms with Crippen LogP contribution in [0.2, 0.25) is 0 Å². The molecule has 1 aromatic rings. The largest absolute Gasteiger partial charge is 0.481 e. The summed E-state index contributed by atoms with van der Waals surface area (Å²) in [5.74, 6) is -1.58. The molecule has 0 aromatic carbocycles. The fraction of sp³-hybridized carbons (Fsp3) is 0.467. The van der Waals surface area contributed by atoms with Crippen molar-refractivity contribution >= 4 is 11.9 Å². The first-order chi connectivity index (χ1) is 10.8. The second-order valence-electron chi connectivity index (χ2n) is 5.71. The number of allylic oxidation sites excluding steroid dienone is 2. The van der Waals surface area contributed by atoms with Crippen LogP contribution in [0.1, 0.15) is 37.2 Å². The molecule has 1 heterocycles. The van der Waals surface area contributed by atoms with E-state index in [0.717, 1.165) is 5.57 Å². The number of carbonyl (C=O) groups excluding carboxylic acids is 1. The van der Waals surface area contributed by atoms with Crippen molar-refractivity contribution in [1.82, 2.24) is 20.7 Å². The van der Waals surface area contributed by atoms with Gasteiger partial charge in [0.2, 0.25) is 0 Å². The molecule has 0 bridgehead atoms. The molecular formula is C15H22N4O4. The van der Waals surface area contributed by atoms with Crippen LogP contribution in [-0.4, -0.2) is 50.1 Å². The lowest BCUT2D eigenvalue weighted by atomic mass is 9.82. The number of H-pyrrole nitrogens is 1. The van der Waals surface area contributed by atoms with E-state index in [1.54, 1.807) is 12.2 Å². The average Bonchev–Trinajstić information content (AvgIpc) is 3.01. The quantitative estimate of drug-likeness (QED) is 0.500. The molecule has 0 fully saturated rings. The van der Waals surface area contributed by atoms with Gasteiger partial charge in [0.05, 0.1) is 18.2 Å². The van der Waals surface area contributed by atoms with E-state index >= 15 is 0 Å². The van der Waals surface area contributed by atoms with E-state index < -0.39 is 29.9 Å². The summed E-state index contributed by atoms with van der Waals surface area (Å²) in [5, 5.41) is 31.0. The minimum atomic E-state index is -1.35. The number of aliphatic hydroxyl groups excluding tert-OH is 1. The molecule has 0 spiro atoms. The molecule has 2 atom stereocenters. The summed E-state index contributed by atoms with van der Waals surface area (Å²) in [6.45, 7) is 6.38. The van der Waals surface area contributed by atoms with Gasteiger partial charge in [0.1, 0.15) is 0 Å². The van der Waals surface area contributed by atoms with Crippen LogP contribution in [0.3, 0.4) is 0 Å². The van der Waals surface area contributed by atoms with Gasteiger partial charge < -0.3 is 15.5 Å². The molecule has 1 aromatic heterocycles. The van der Waals surface area contributed by atoms with Crippen LogP contribution in [0.25, 0.3) is 0 Å². The second kappa shape index (κ2) is 8.23. The molecule has 0 saturated heterocycles. The predicted octanol–water partition coefficient (Wildman–Crippen LogP) is 0.899. The first-order valence-corrected chi connectivity index (χ1v) is 7.12. The van der Waals surface area contributed by atoms with Crippen molar-refractivity contribution < 1.29 is 19.8 Å². The summed E-state index contributed by atoms with van der Waals surface area (Å²) in [6, 6.07) is -0.483. The number of amides is 1. The molecule has 0 aliphatic rings. The molecule has 0 aliphatic heterocycles. The zero-order valence-electron chi connectivity index (χ0n) is 13.2. The Hall–Kier alpha value is -2.48. The highest BCUT2D eigenvalue weighted by molar-refractivity contribution is 5.92. The van der Waals surface area contributed by atoms with Gasteiger partial charge in [0, 0.05) is 6.04 Å². The number of carboxylic acid groups (broad SMARTS) is 1. The summed E-state index contributed by atoms with van der Waals surface area (Å²) in [4.78, 5) is 23.5. The first kappa shape index (κ1) is 18.6. The van der Waals surface area contributed by atoms with Gasteiger partial charge >= 0.3 is 5.97 Å². The minimum absolute atomic E-state index is 0.0742. The Morgan fingerprint density at radius 2 is 2.26 bits per heavy atom. The van der Waals surface area contributed by atoms with Crippen molar-refractivity contribution in [1.29, 1.82) is 0 Å². The molecule has 0 radical (unpaired) electrons. The maximum absolute atomic E-state index is 12.1. The van der Waals surface area contributed by atoms with Crippen LogP contribution in [-0.2, 0) is 4.79 Å². The summed E-state index contributed by atoms with van der Waals surface area (Å²) >= 11 is 0. The third kappa shape index (κ3) is 5.33. The summed E-state index contributed by atoms with van der Waals surface area (Å²) < 4.78 is 0. The molecule has 1 rings (SSSR count). The van der Waals surface area contributed by atoms with Gasteiger partial charge in [-0.2, -0.15) is 0 Å². The third-order valence-corrected chi connectivity index (χ3v) is 3.52. The number of aromatic amines is 1. The van der Waals surface area contributed by atoms with E-state index in [1.807, 2.05) is 6.92 Å². The number of hydrogen-bond acceptors (Lipinski definition) is 5. The summed E-state index contributed by atoms with van der Waals surface area (Å²) in [6.07, 6.45) is 5.26. The molecule has 0 saturated carbocycles. The Labute approximate surface area is 134 Å². The fourth-order valence-electron chi connectivity index (χ4n) is 2.17. The van der Waals surface area contributed by atoms with E-state index in [4.69, 9.17) is 0 Å². The van der Waals surface area contributed by atoms with Crippen LogP contribution in [0.5, 0.6) is 0 Å². The van der Waals surface area contributed by atoms with Crippen LogP contribution in [0, 0.1) is 5.41 Å². The smallest absolute Gasteiger partial charge is 0.311 e. The second-order valence-corrected chi connectivity index (χ2v) is 5.71. The van der Waals surface area contributed by atoms with E-state index in [9.17, 15) is 19.8 Å². The van der Waals surface area contributed by atoms with Crippen molar-refractivity contribution in [3.05, 3.63) is 36.2 Å². The summed E-state index contributed by atoms with van der Waals surface area (Å²) in [7, 11) is 0. The van der Waals surface area contributed by atoms with Crippen molar-refractivity contribution in [3.8, 4) is 0 Å². The molecule has 4 N–H and O–H groups in total. The van der Waals surface area contributed by atoms with Crippen molar-refractivity contribution in [3.63, 3.8) is 0 Å². The molecule has 8 nitrogen and oxygen atoms in total. The van der Waals surface area contributed by atoms with Crippen LogP contribution in [0.4, 0.5) is 0 Å². The molecule has 126 valence electrons. The normalized spacial score (nSPS) is 15.5. The predicted molar refractivity (Wildman–Crippen MR) is 83.7 cm³/mol. The standard InChI is InChI=1S/C15H22N4O4/c1-4-5-10(2)6-11(7-15(3,9-20)14(22)23)17-13(21)12-8-16-19-18-12/h4-5,8,11,20H,1,6-7,9H2,2-3H3,(H,17,21)(H,22,23)(H,16,18,19)/b10-5+/t11-,15+/m1/s1. The Morgan fingerprint density at radius 1 is 1.57 bits per heavy atom. The number of aromatic nitrogens is 3. The van der Waals surface area contributed by atoms with Gasteiger partial charge in [-0.15, -0.1) is 5.10 Å². The molecular weight excluding hydrogens is 300 g/mol. The average molecular weight is 322 g/mol. The fourth-order valence-corrected chi connectivity index (χ4v) is 2.17. The SMILES string of the molecule is C=C/C=C(\C)C[C@H](C[C@@](C)(CO)C(=O)O)NC(=O)c1c[nH]nn1. The lowest BCUT2D eigenvalue weighted by Gasteiger charge is -2.28. The van der Waals surface area contributed by atoms with E-state index in [0.29, 0.717) is 6.42 Å². The number of aliphatic carboxylic acids is 1. The minimum Gasteiger partial charge on any atom is -0.481 e. The van der Waals surface area contributed by atoms with Gasteiger partial charge in [-0.1, -0.05) is 29.5 Å². The van der Waals surface area contributed by atoms with E-state index in [-0.39, 0.29) is 12.1 Å². The number of rotatable bonds is 9. The van der Waals surface area contributed by atoms with Crippen molar-refractivity contribution in [2.75, 3.05) is 6.61 Å². The zero-order chi connectivity index (χ0) is 17.5. The van der Waals surface area contributed by atoms with Crippen LogP contribution < -0.4 is 5.32 Å². The number of carbonyl (C=O) groups is 2. The number of nitrogens with one attached hydrogen (secondary N) is 2. The lowest BCUT2D eigenvalue weighted by Crippen LogP contribution is -2.43. The molecule has 1 amide bonds. The third-order valence-electron chi connectivity index (χ3n) is 3.52. The Balaban J connectivity index is 2.92. The van der Waals surface area contributed by atoms with E-state index in [2.05, 4.69) is 27.3 Å². The Bertz CT molecular complexity index is 582. The lowest BCUT2D eigenvalue weighted by molar-refractivity contribution is -0.151. The number of nitrogens with zero attached hydrogens (tertiary/aromatic N) is 2. The molecule has 8 heteroatoms. The molecule has 0 unspecified atom stereocenters. The van der Waals surface area contributed by atoms with Crippen molar-refractivity contribution in [2.45, 2.75) is 32.7 Å². The van der Waals surface area contributed by atoms with Crippen LogP contribution in [0.15, 0.2) is 30.5 Å². The monoisotopic (exact) mass is 322 g/mol. The molecule has 23 heavy (non-hydrogen) atoms. The highest BCUT2D eigenvalue weighted by Crippen LogP contribution is 2.25. The van der Waals surface area contributed by atoms with Gasteiger partial charge in [0.25, 0.3) is 5.91 Å². The number of hydrogen-bond donors (Lipinski definition) is 4. The Morgan fingerprint density at radius 3 is 2.74 bits per heavy atom.